The van der Waals surface area contributed by atoms with E-state index in [4.69, 9.17) is 9.47 Å². The van der Waals surface area contributed by atoms with Crippen LogP contribution in [0.3, 0.4) is 0 Å². The first-order valence-electron chi connectivity index (χ1n) is 8.74. The molecule has 2 aliphatic rings. The first-order valence-corrected chi connectivity index (χ1v) is 8.74. The Labute approximate surface area is 151 Å². The topological polar surface area (TPSA) is 67.9 Å². The van der Waals surface area contributed by atoms with E-state index in [1.54, 1.807) is 23.1 Å². The van der Waals surface area contributed by atoms with Crippen molar-refractivity contribution in [2.24, 2.45) is 5.92 Å². The van der Waals surface area contributed by atoms with Crippen LogP contribution in [0.5, 0.6) is 11.5 Å². The summed E-state index contributed by atoms with van der Waals surface area (Å²) in [6.07, 6.45) is 1.17. The molecule has 0 aromatic heterocycles. The van der Waals surface area contributed by atoms with E-state index in [1.165, 1.54) is 5.56 Å². The van der Waals surface area contributed by atoms with Crippen molar-refractivity contribution in [3.8, 4) is 11.5 Å². The molecule has 0 saturated carbocycles. The maximum Gasteiger partial charge on any atom is 0.231 e. The number of benzene rings is 2. The molecule has 134 valence electrons. The highest BCUT2D eigenvalue weighted by Gasteiger charge is 2.35. The van der Waals surface area contributed by atoms with Crippen LogP contribution in [-0.4, -0.2) is 25.2 Å². The Morgan fingerprint density at radius 3 is 2.69 bits per heavy atom. The lowest BCUT2D eigenvalue weighted by atomic mass is 10.1. The molecule has 26 heavy (non-hydrogen) atoms. The van der Waals surface area contributed by atoms with Crippen molar-refractivity contribution in [3.63, 3.8) is 0 Å². The number of hydrogen-bond acceptors (Lipinski definition) is 4. The van der Waals surface area contributed by atoms with Gasteiger partial charge in [0.05, 0.1) is 5.92 Å². The third-order valence-electron chi connectivity index (χ3n) is 4.79. The molecule has 4 rings (SSSR count). The van der Waals surface area contributed by atoms with Crippen LogP contribution in [0.4, 0.5) is 11.4 Å². The summed E-state index contributed by atoms with van der Waals surface area (Å²) in [6.45, 7) is 2.67. The fourth-order valence-electron chi connectivity index (χ4n) is 3.26. The summed E-state index contributed by atoms with van der Waals surface area (Å²) < 4.78 is 10.6. The Morgan fingerprint density at radius 1 is 1.15 bits per heavy atom. The fraction of sp³-hybridized carbons (Fsp3) is 0.300. The predicted octanol–water partition coefficient (Wildman–Crippen LogP) is 2.97. The molecule has 2 aliphatic heterocycles. The van der Waals surface area contributed by atoms with E-state index in [2.05, 4.69) is 12.2 Å². The highest BCUT2D eigenvalue weighted by Crippen LogP contribution is 2.34. The van der Waals surface area contributed by atoms with Crippen LogP contribution < -0.4 is 19.7 Å². The summed E-state index contributed by atoms with van der Waals surface area (Å²) in [6, 6.07) is 13.2. The number of anilines is 2. The van der Waals surface area contributed by atoms with Crippen LogP contribution in [0.2, 0.25) is 0 Å². The number of amides is 2. The van der Waals surface area contributed by atoms with Gasteiger partial charge in [-0.25, -0.2) is 0 Å². The summed E-state index contributed by atoms with van der Waals surface area (Å²) in [5.41, 5.74) is 2.69. The summed E-state index contributed by atoms with van der Waals surface area (Å²) in [5, 5.41) is 2.87. The van der Waals surface area contributed by atoms with Gasteiger partial charge in [-0.05, 0) is 36.2 Å². The second-order valence-electron chi connectivity index (χ2n) is 6.48. The van der Waals surface area contributed by atoms with Gasteiger partial charge in [0, 0.05) is 30.4 Å². The molecular formula is C20H20N2O4. The number of ether oxygens (including phenoxy) is 2. The van der Waals surface area contributed by atoms with Crippen molar-refractivity contribution in [3.05, 3.63) is 48.0 Å². The van der Waals surface area contributed by atoms with Crippen molar-refractivity contribution in [2.45, 2.75) is 19.8 Å². The van der Waals surface area contributed by atoms with E-state index in [9.17, 15) is 9.59 Å². The van der Waals surface area contributed by atoms with E-state index in [0.29, 0.717) is 23.7 Å². The number of fused-ring (bicyclic) bond motifs is 1. The Morgan fingerprint density at radius 2 is 1.92 bits per heavy atom. The normalized spacial score (nSPS) is 18.3. The van der Waals surface area contributed by atoms with Gasteiger partial charge in [0.2, 0.25) is 18.6 Å². The first-order chi connectivity index (χ1) is 12.6. The number of nitrogens with one attached hydrogen (secondary N) is 1. The molecule has 1 N–H and O–H groups in total. The maximum atomic E-state index is 12.6. The molecule has 1 fully saturated rings. The molecule has 1 atom stereocenters. The molecular weight excluding hydrogens is 332 g/mol. The van der Waals surface area contributed by atoms with E-state index >= 15 is 0 Å². The van der Waals surface area contributed by atoms with Gasteiger partial charge in [-0.1, -0.05) is 19.1 Å². The largest absolute Gasteiger partial charge is 0.454 e. The van der Waals surface area contributed by atoms with Crippen LogP contribution in [0.1, 0.15) is 18.9 Å². The molecule has 2 heterocycles. The Hall–Kier alpha value is -3.02. The molecule has 1 saturated heterocycles. The Balaban J connectivity index is 1.43. The SMILES string of the molecule is CCc1ccc(N2C[C@H](C(=O)Nc3ccc4c(c3)OCO4)CC2=O)cc1. The number of nitrogens with zero attached hydrogens (tertiary/aromatic N) is 1. The minimum absolute atomic E-state index is 0.0277. The lowest BCUT2D eigenvalue weighted by Crippen LogP contribution is -2.28. The highest BCUT2D eigenvalue weighted by atomic mass is 16.7. The molecule has 0 spiro atoms. The minimum Gasteiger partial charge on any atom is -0.454 e. The molecule has 6 nitrogen and oxygen atoms in total. The van der Waals surface area contributed by atoms with E-state index in [1.807, 2.05) is 24.3 Å². The average Bonchev–Trinajstić information content (AvgIpc) is 3.28. The van der Waals surface area contributed by atoms with Crippen molar-refractivity contribution in [1.82, 2.24) is 0 Å². The van der Waals surface area contributed by atoms with Crippen molar-refractivity contribution >= 4 is 23.2 Å². The van der Waals surface area contributed by atoms with Gasteiger partial charge in [-0.15, -0.1) is 0 Å². The van der Waals surface area contributed by atoms with E-state index in [-0.39, 0.29) is 30.9 Å². The quantitative estimate of drug-likeness (QED) is 0.919. The van der Waals surface area contributed by atoms with Gasteiger partial charge in [0.25, 0.3) is 0 Å². The number of carbonyl (C=O) groups is 2. The van der Waals surface area contributed by atoms with Crippen LogP contribution in [0, 0.1) is 5.92 Å². The predicted molar refractivity (Wildman–Crippen MR) is 97.5 cm³/mol. The lowest BCUT2D eigenvalue weighted by molar-refractivity contribution is -0.122. The van der Waals surface area contributed by atoms with Crippen molar-refractivity contribution < 1.29 is 19.1 Å². The van der Waals surface area contributed by atoms with Gasteiger partial charge in [-0.3, -0.25) is 9.59 Å². The van der Waals surface area contributed by atoms with Gasteiger partial charge in [0.15, 0.2) is 11.5 Å². The molecule has 0 unspecified atom stereocenters. The Kier molecular flexibility index (Phi) is 4.24. The minimum atomic E-state index is -0.376. The lowest BCUT2D eigenvalue weighted by Gasteiger charge is -2.17. The molecule has 0 aliphatic carbocycles. The summed E-state index contributed by atoms with van der Waals surface area (Å²) in [5.74, 6) is 0.715. The molecule has 2 amide bonds. The number of rotatable bonds is 4. The zero-order chi connectivity index (χ0) is 18.1. The van der Waals surface area contributed by atoms with Gasteiger partial charge in [-0.2, -0.15) is 0 Å². The molecule has 0 bridgehead atoms. The molecule has 6 heteroatoms. The second kappa shape index (κ2) is 6.71. The smallest absolute Gasteiger partial charge is 0.231 e. The van der Waals surface area contributed by atoms with Crippen molar-refractivity contribution in [1.29, 1.82) is 0 Å². The maximum absolute atomic E-state index is 12.6. The second-order valence-corrected chi connectivity index (χ2v) is 6.48. The van der Waals surface area contributed by atoms with E-state index < -0.39 is 0 Å². The third kappa shape index (κ3) is 3.10. The van der Waals surface area contributed by atoms with E-state index in [0.717, 1.165) is 12.1 Å². The number of hydrogen-bond donors (Lipinski definition) is 1. The molecule has 2 aromatic rings. The fourth-order valence-corrected chi connectivity index (χ4v) is 3.26. The summed E-state index contributed by atoms with van der Waals surface area (Å²) in [4.78, 5) is 26.6. The van der Waals surface area contributed by atoms with Gasteiger partial charge >= 0.3 is 0 Å². The van der Waals surface area contributed by atoms with Crippen LogP contribution in [0.15, 0.2) is 42.5 Å². The molecule has 0 radical (unpaired) electrons. The number of carbonyl (C=O) groups excluding carboxylic acids is 2. The average molecular weight is 352 g/mol. The summed E-state index contributed by atoms with van der Waals surface area (Å²) in [7, 11) is 0. The zero-order valence-corrected chi connectivity index (χ0v) is 14.5. The monoisotopic (exact) mass is 352 g/mol. The van der Waals surface area contributed by atoms with Crippen molar-refractivity contribution in [2.75, 3.05) is 23.6 Å². The summed E-state index contributed by atoms with van der Waals surface area (Å²) >= 11 is 0. The Bertz CT molecular complexity index is 847. The molecule has 2 aromatic carbocycles. The number of aryl methyl sites for hydroxylation is 1. The van der Waals surface area contributed by atoms with Gasteiger partial charge in [0.1, 0.15) is 0 Å². The van der Waals surface area contributed by atoms with Crippen LogP contribution >= 0.6 is 0 Å². The highest BCUT2D eigenvalue weighted by molar-refractivity contribution is 6.03. The van der Waals surface area contributed by atoms with Crippen LogP contribution in [0.25, 0.3) is 0 Å². The third-order valence-corrected chi connectivity index (χ3v) is 4.79. The van der Waals surface area contributed by atoms with Crippen LogP contribution in [-0.2, 0) is 16.0 Å². The standard InChI is InChI=1S/C20H20N2O4/c1-2-13-3-6-16(7-4-13)22-11-14(9-19(22)23)20(24)21-15-5-8-17-18(10-15)26-12-25-17/h3-8,10,14H,2,9,11-12H2,1H3,(H,21,24)/t14-/m1/s1. The first kappa shape index (κ1) is 16.4. The zero-order valence-electron chi connectivity index (χ0n) is 14.5. The van der Waals surface area contributed by atoms with Gasteiger partial charge < -0.3 is 19.7 Å².